The van der Waals surface area contributed by atoms with Gasteiger partial charge in [-0.25, -0.2) is 0 Å². The summed E-state index contributed by atoms with van der Waals surface area (Å²) in [5, 5.41) is 0. The van der Waals surface area contributed by atoms with Gasteiger partial charge in [0.15, 0.2) is 0 Å². The zero-order valence-corrected chi connectivity index (χ0v) is 10.5. The Bertz CT molecular complexity index is 136. The summed E-state index contributed by atoms with van der Waals surface area (Å²) in [4.78, 5) is 2.33. The van der Waals surface area contributed by atoms with Crippen LogP contribution in [0.3, 0.4) is 0 Å². The van der Waals surface area contributed by atoms with Crippen molar-refractivity contribution in [2.75, 3.05) is 14.1 Å². The maximum Gasteiger partial charge on any atom is 0.00916 e. The van der Waals surface area contributed by atoms with Gasteiger partial charge >= 0.3 is 0 Å². The lowest BCUT2D eigenvalue weighted by molar-refractivity contribution is 0.0983. The van der Waals surface area contributed by atoms with E-state index in [1.165, 1.54) is 12.8 Å². The Kier molecular flexibility index (Phi) is 4.98. The van der Waals surface area contributed by atoms with Crippen molar-refractivity contribution in [2.45, 2.75) is 53.5 Å². The molecule has 0 N–H and O–H groups in total. The molecule has 0 aromatic carbocycles. The normalized spacial score (nSPS) is 17.5. The number of hydrogen-bond acceptors (Lipinski definition) is 1. The van der Waals surface area contributed by atoms with Crippen molar-refractivity contribution in [1.29, 1.82) is 0 Å². The molecular weight excluding hydrogens is 158 g/mol. The Labute approximate surface area is 84.5 Å². The average molecular weight is 185 g/mol. The van der Waals surface area contributed by atoms with Gasteiger partial charge in [0.1, 0.15) is 0 Å². The molecule has 0 aromatic heterocycles. The molecule has 0 saturated heterocycles. The maximum absolute atomic E-state index is 2.41. The first-order valence-corrected chi connectivity index (χ1v) is 5.55. The molecule has 80 valence electrons. The zero-order chi connectivity index (χ0) is 10.6. The first-order chi connectivity index (χ1) is 5.89. The van der Waals surface area contributed by atoms with E-state index in [1.807, 2.05) is 0 Å². The van der Waals surface area contributed by atoms with E-state index in [0.29, 0.717) is 11.5 Å². The highest BCUT2D eigenvalue weighted by Gasteiger charge is 2.31. The van der Waals surface area contributed by atoms with Gasteiger partial charge in [-0.15, -0.1) is 0 Å². The largest absolute Gasteiger partial charge is 0.306 e. The topological polar surface area (TPSA) is 3.24 Å². The van der Waals surface area contributed by atoms with E-state index < -0.39 is 0 Å². The van der Waals surface area contributed by atoms with Gasteiger partial charge < -0.3 is 4.90 Å². The fraction of sp³-hybridized carbons (Fsp3) is 1.00. The van der Waals surface area contributed by atoms with Gasteiger partial charge in [0, 0.05) is 6.04 Å². The van der Waals surface area contributed by atoms with Crippen LogP contribution in [0.2, 0.25) is 0 Å². The SMILES string of the molecule is CCC(C)(CC)C(C)[C@@H](C)N(C)C. The third-order valence-corrected chi connectivity index (χ3v) is 4.25. The van der Waals surface area contributed by atoms with Crippen molar-refractivity contribution in [3.05, 3.63) is 0 Å². The van der Waals surface area contributed by atoms with E-state index >= 15 is 0 Å². The number of hydrogen-bond donors (Lipinski definition) is 0. The lowest BCUT2D eigenvalue weighted by Crippen LogP contribution is -2.39. The molecule has 2 atom stereocenters. The van der Waals surface area contributed by atoms with Crippen molar-refractivity contribution < 1.29 is 0 Å². The third kappa shape index (κ3) is 2.98. The van der Waals surface area contributed by atoms with Crippen LogP contribution in [0.1, 0.15) is 47.5 Å². The van der Waals surface area contributed by atoms with Crippen molar-refractivity contribution in [1.82, 2.24) is 4.90 Å². The predicted molar refractivity (Wildman–Crippen MR) is 61.0 cm³/mol. The van der Waals surface area contributed by atoms with Crippen LogP contribution < -0.4 is 0 Å². The highest BCUT2D eigenvalue weighted by Crippen LogP contribution is 2.37. The molecule has 0 saturated carbocycles. The molecule has 0 radical (unpaired) electrons. The summed E-state index contributed by atoms with van der Waals surface area (Å²) in [6.07, 6.45) is 2.56. The van der Waals surface area contributed by atoms with Gasteiger partial charge in [0.05, 0.1) is 0 Å². The third-order valence-electron chi connectivity index (χ3n) is 4.25. The summed E-state index contributed by atoms with van der Waals surface area (Å²) in [6.45, 7) is 11.7. The first-order valence-electron chi connectivity index (χ1n) is 5.55. The standard InChI is InChI=1S/C12H27N/c1-8-12(5,9-2)10(3)11(4)13(6)7/h10-11H,8-9H2,1-7H3/t10?,11-/m1/s1. The van der Waals surface area contributed by atoms with Crippen molar-refractivity contribution in [2.24, 2.45) is 11.3 Å². The molecule has 0 aliphatic heterocycles. The van der Waals surface area contributed by atoms with Crippen LogP contribution in [-0.2, 0) is 0 Å². The van der Waals surface area contributed by atoms with E-state index in [2.05, 4.69) is 53.6 Å². The molecule has 1 nitrogen and oxygen atoms in total. The molecule has 0 aromatic rings. The smallest absolute Gasteiger partial charge is 0.00916 e. The van der Waals surface area contributed by atoms with Gasteiger partial charge in [-0.1, -0.05) is 40.5 Å². The fourth-order valence-corrected chi connectivity index (χ4v) is 1.92. The minimum Gasteiger partial charge on any atom is -0.306 e. The lowest BCUT2D eigenvalue weighted by atomic mass is 9.71. The Hall–Kier alpha value is -0.0400. The van der Waals surface area contributed by atoms with Crippen molar-refractivity contribution >= 4 is 0 Å². The van der Waals surface area contributed by atoms with Crippen LogP contribution >= 0.6 is 0 Å². The fourth-order valence-electron chi connectivity index (χ4n) is 1.92. The quantitative estimate of drug-likeness (QED) is 0.634. The Balaban J connectivity index is 4.45. The van der Waals surface area contributed by atoms with E-state index in [9.17, 15) is 0 Å². The molecule has 0 bridgehead atoms. The summed E-state index contributed by atoms with van der Waals surface area (Å²) in [7, 11) is 4.35. The van der Waals surface area contributed by atoms with Crippen LogP contribution in [0.4, 0.5) is 0 Å². The summed E-state index contributed by atoms with van der Waals surface area (Å²) in [6, 6.07) is 0.671. The van der Waals surface area contributed by atoms with Crippen molar-refractivity contribution in [3.8, 4) is 0 Å². The maximum atomic E-state index is 2.41. The molecule has 0 aliphatic rings. The summed E-state index contributed by atoms with van der Waals surface area (Å²) in [5.41, 5.74) is 0.504. The van der Waals surface area contributed by atoms with Gasteiger partial charge in [0.25, 0.3) is 0 Å². The first kappa shape index (κ1) is 13.0. The molecule has 0 rings (SSSR count). The molecule has 0 aliphatic carbocycles. The highest BCUT2D eigenvalue weighted by molar-refractivity contribution is 4.83. The zero-order valence-electron chi connectivity index (χ0n) is 10.5. The van der Waals surface area contributed by atoms with E-state index in [1.54, 1.807) is 0 Å². The monoisotopic (exact) mass is 185 g/mol. The minimum atomic E-state index is 0.504. The number of rotatable bonds is 5. The minimum absolute atomic E-state index is 0.504. The van der Waals surface area contributed by atoms with Gasteiger partial charge in [-0.05, 0) is 32.4 Å². The van der Waals surface area contributed by atoms with Crippen LogP contribution in [0.5, 0.6) is 0 Å². The van der Waals surface area contributed by atoms with Crippen LogP contribution in [0, 0.1) is 11.3 Å². The average Bonchev–Trinajstić information content (AvgIpc) is 2.14. The van der Waals surface area contributed by atoms with E-state index in [4.69, 9.17) is 0 Å². The predicted octanol–water partition coefficient (Wildman–Crippen LogP) is 3.40. The van der Waals surface area contributed by atoms with Crippen LogP contribution in [0.15, 0.2) is 0 Å². The Morgan fingerprint density at radius 3 is 1.69 bits per heavy atom. The summed E-state index contributed by atoms with van der Waals surface area (Å²) >= 11 is 0. The Morgan fingerprint density at radius 2 is 1.46 bits per heavy atom. The second kappa shape index (κ2) is 4.99. The van der Waals surface area contributed by atoms with Crippen molar-refractivity contribution in [3.63, 3.8) is 0 Å². The van der Waals surface area contributed by atoms with E-state index in [0.717, 1.165) is 5.92 Å². The molecule has 1 heteroatoms. The Morgan fingerprint density at radius 1 is 1.08 bits per heavy atom. The molecule has 13 heavy (non-hydrogen) atoms. The highest BCUT2D eigenvalue weighted by atomic mass is 15.1. The van der Waals surface area contributed by atoms with Crippen LogP contribution in [-0.4, -0.2) is 25.0 Å². The van der Waals surface area contributed by atoms with Crippen LogP contribution in [0.25, 0.3) is 0 Å². The molecule has 1 unspecified atom stereocenters. The second-order valence-electron chi connectivity index (χ2n) is 4.85. The second-order valence-corrected chi connectivity index (χ2v) is 4.85. The van der Waals surface area contributed by atoms with Gasteiger partial charge in [-0.3, -0.25) is 0 Å². The molecule has 0 amide bonds. The summed E-state index contributed by atoms with van der Waals surface area (Å²) < 4.78 is 0. The molecular formula is C12H27N. The molecule has 0 spiro atoms. The number of nitrogens with zero attached hydrogens (tertiary/aromatic N) is 1. The summed E-state index contributed by atoms with van der Waals surface area (Å²) in [5.74, 6) is 0.762. The molecule has 0 fully saturated rings. The molecule has 0 heterocycles. The van der Waals surface area contributed by atoms with Gasteiger partial charge in [0.2, 0.25) is 0 Å². The van der Waals surface area contributed by atoms with E-state index in [-0.39, 0.29) is 0 Å². The lowest BCUT2D eigenvalue weighted by Gasteiger charge is -2.40. The van der Waals surface area contributed by atoms with Gasteiger partial charge in [-0.2, -0.15) is 0 Å².